The Morgan fingerprint density at radius 2 is 1.78 bits per heavy atom. The zero-order chi connectivity index (χ0) is 17.6. The van der Waals surface area contributed by atoms with Crippen molar-refractivity contribution in [3.05, 3.63) is 0 Å². The van der Waals surface area contributed by atoms with Gasteiger partial charge in [0.1, 0.15) is 24.4 Å². The summed E-state index contributed by atoms with van der Waals surface area (Å²) in [5.41, 5.74) is -0.614. The summed E-state index contributed by atoms with van der Waals surface area (Å²) in [6, 6.07) is 0. The van der Waals surface area contributed by atoms with Crippen LogP contribution >= 0.6 is 7.60 Å². The van der Waals surface area contributed by atoms with Crippen molar-refractivity contribution in [2.24, 2.45) is 0 Å². The lowest BCUT2D eigenvalue weighted by atomic mass is 9.99. The molecule has 0 aromatic carbocycles. The van der Waals surface area contributed by atoms with E-state index in [9.17, 15) is 24.8 Å². The molecule has 23 heavy (non-hydrogen) atoms. The van der Waals surface area contributed by atoms with Crippen LogP contribution in [0.15, 0.2) is 0 Å². The smallest absolute Gasteiger partial charge is 0.330 e. The lowest BCUT2D eigenvalue weighted by Gasteiger charge is -2.40. The molecule has 4 N–H and O–H groups in total. The van der Waals surface area contributed by atoms with Crippen LogP contribution in [-0.4, -0.2) is 83.0 Å². The minimum absolute atomic E-state index is 0.121. The average molecular weight is 358 g/mol. The fourth-order valence-corrected chi connectivity index (χ4v) is 2.55. The fraction of sp³-hybridized carbons (Fsp3) is 1.00. The zero-order valence-electron chi connectivity index (χ0n) is 13.6. The predicted molar refractivity (Wildman–Crippen MR) is 80.0 cm³/mol. The maximum absolute atomic E-state index is 11.8. The third-order valence-electron chi connectivity index (χ3n) is 3.46. The third kappa shape index (κ3) is 6.04. The second-order valence-electron chi connectivity index (χ2n) is 5.54. The molecule has 0 aliphatic carbocycles. The molecule has 1 fully saturated rings. The van der Waals surface area contributed by atoms with E-state index in [-0.39, 0.29) is 13.2 Å². The van der Waals surface area contributed by atoms with Gasteiger partial charge < -0.3 is 38.9 Å². The van der Waals surface area contributed by atoms with Crippen molar-refractivity contribution in [1.82, 2.24) is 0 Å². The number of aliphatic hydroxyl groups is 3. The molecule has 0 radical (unpaired) electrons. The molecule has 10 heteroatoms. The van der Waals surface area contributed by atoms with Gasteiger partial charge in [-0.05, 0) is 6.92 Å². The van der Waals surface area contributed by atoms with Crippen LogP contribution in [0.5, 0.6) is 0 Å². The summed E-state index contributed by atoms with van der Waals surface area (Å²) in [5, 5.41) is 29.6. The van der Waals surface area contributed by atoms with Gasteiger partial charge in [0.2, 0.25) is 0 Å². The largest absolute Gasteiger partial charge is 0.387 e. The molecule has 138 valence electrons. The minimum atomic E-state index is -3.84. The minimum Gasteiger partial charge on any atom is -0.387 e. The van der Waals surface area contributed by atoms with Gasteiger partial charge in [-0.15, -0.1) is 0 Å². The number of hydrogen-bond donors (Lipinski definition) is 4. The quantitative estimate of drug-likeness (QED) is 0.316. The molecule has 1 saturated heterocycles. The van der Waals surface area contributed by atoms with E-state index >= 15 is 0 Å². The summed E-state index contributed by atoms with van der Waals surface area (Å²) in [6.07, 6.45) is -6.74. The zero-order valence-corrected chi connectivity index (χ0v) is 14.5. The Labute approximate surface area is 135 Å². The lowest BCUT2D eigenvalue weighted by molar-refractivity contribution is -0.301. The normalized spacial score (nSPS) is 34.5. The molecule has 0 amide bonds. The molecular formula is C13H27O9P. The van der Waals surface area contributed by atoms with Crippen LogP contribution in [0.3, 0.4) is 0 Å². The summed E-state index contributed by atoms with van der Waals surface area (Å²) >= 11 is 0. The Morgan fingerprint density at radius 3 is 2.35 bits per heavy atom. The van der Waals surface area contributed by atoms with Gasteiger partial charge in [-0.2, -0.15) is 0 Å². The summed E-state index contributed by atoms with van der Waals surface area (Å²) in [7, 11) is -3.84. The molecule has 0 spiro atoms. The van der Waals surface area contributed by atoms with Crippen LogP contribution in [0.25, 0.3) is 0 Å². The average Bonchev–Trinajstić information content (AvgIpc) is 2.50. The standard InChI is InChI=1S/C13H27O9P/c1-4-19-5-6-20-13-12(16)11(15)10(14)9(22-13)7-21-23(17,18)8(2)3/h8-16H,4-7H2,1-3H3,(H,17,18). The third-order valence-corrected chi connectivity index (χ3v) is 5.28. The second-order valence-corrected chi connectivity index (χ2v) is 7.96. The van der Waals surface area contributed by atoms with E-state index in [1.54, 1.807) is 0 Å². The molecule has 1 aliphatic heterocycles. The van der Waals surface area contributed by atoms with Gasteiger partial charge in [0.05, 0.1) is 25.5 Å². The van der Waals surface area contributed by atoms with Crippen LogP contribution in [-0.2, 0) is 23.3 Å². The van der Waals surface area contributed by atoms with Gasteiger partial charge in [0.25, 0.3) is 0 Å². The van der Waals surface area contributed by atoms with Gasteiger partial charge in [-0.3, -0.25) is 4.57 Å². The Bertz CT molecular complexity index is 392. The first-order chi connectivity index (χ1) is 10.7. The lowest BCUT2D eigenvalue weighted by Crippen LogP contribution is -2.59. The first kappa shape index (κ1) is 21.0. The molecule has 1 aliphatic rings. The van der Waals surface area contributed by atoms with Gasteiger partial charge in [0.15, 0.2) is 6.29 Å². The summed E-state index contributed by atoms with van der Waals surface area (Å²) in [6.45, 7) is 5.37. The van der Waals surface area contributed by atoms with Gasteiger partial charge in [-0.25, -0.2) is 0 Å². The van der Waals surface area contributed by atoms with E-state index in [1.165, 1.54) is 13.8 Å². The van der Waals surface area contributed by atoms with E-state index in [2.05, 4.69) is 0 Å². The van der Waals surface area contributed by atoms with E-state index in [1.807, 2.05) is 6.92 Å². The number of hydrogen-bond acceptors (Lipinski definition) is 8. The maximum atomic E-state index is 11.8. The molecule has 1 heterocycles. The first-order valence-electron chi connectivity index (χ1n) is 7.56. The maximum Gasteiger partial charge on any atom is 0.330 e. The molecule has 6 atom stereocenters. The highest BCUT2D eigenvalue weighted by atomic mass is 31.2. The van der Waals surface area contributed by atoms with Crippen molar-refractivity contribution in [2.45, 2.75) is 57.1 Å². The van der Waals surface area contributed by atoms with Crippen LogP contribution < -0.4 is 0 Å². The highest BCUT2D eigenvalue weighted by Gasteiger charge is 2.45. The van der Waals surface area contributed by atoms with Crippen LogP contribution in [0.2, 0.25) is 0 Å². The molecule has 9 nitrogen and oxygen atoms in total. The van der Waals surface area contributed by atoms with E-state index in [4.69, 9.17) is 18.7 Å². The second kappa shape index (κ2) is 9.41. The van der Waals surface area contributed by atoms with Crippen molar-refractivity contribution >= 4 is 7.60 Å². The first-order valence-corrected chi connectivity index (χ1v) is 9.21. The van der Waals surface area contributed by atoms with E-state index in [0.717, 1.165) is 0 Å². The Morgan fingerprint density at radius 1 is 1.13 bits per heavy atom. The fourth-order valence-electron chi connectivity index (χ4n) is 1.89. The highest BCUT2D eigenvalue weighted by Crippen LogP contribution is 2.47. The Hall–Kier alpha value is -0.0900. The Balaban J connectivity index is 2.59. The Kier molecular flexibility index (Phi) is 8.57. The number of rotatable bonds is 9. The van der Waals surface area contributed by atoms with Crippen LogP contribution in [0.1, 0.15) is 20.8 Å². The molecule has 1 rings (SSSR count). The van der Waals surface area contributed by atoms with Crippen molar-refractivity contribution in [1.29, 1.82) is 0 Å². The monoisotopic (exact) mass is 358 g/mol. The summed E-state index contributed by atoms with van der Waals surface area (Å²) in [4.78, 5) is 9.63. The molecule has 0 bridgehead atoms. The van der Waals surface area contributed by atoms with Gasteiger partial charge >= 0.3 is 7.60 Å². The SMILES string of the molecule is CCOCCOC1OC(COP(=O)(O)C(C)C)C(O)C(O)C1O. The number of ether oxygens (including phenoxy) is 3. The van der Waals surface area contributed by atoms with Crippen LogP contribution in [0.4, 0.5) is 0 Å². The molecule has 6 unspecified atom stereocenters. The van der Waals surface area contributed by atoms with Crippen molar-refractivity contribution in [2.75, 3.05) is 26.4 Å². The molecule has 0 saturated carbocycles. The highest BCUT2D eigenvalue weighted by molar-refractivity contribution is 7.53. The van der Waals surface area contributed by atoms with Crippen molar-refractivity contribution in [3.63, 3.8) is 0 Å². The van der Waals surface area contributed by atoms with Gasteiger partial charge in [0, 0.05) is 6.61 Å². The van der Waals surface area contributed by atoms with Gasteiger partial charge in [-0.1, -0.05) is 13.8 Å². The van der Waals surface area contributed by atoms with Crippen molar-refractivity contribution in [3.8, 4) is 0 Å². The number of aliphatic hydroxyl groups excluding tert-OH is 3. The predicted octanol–water partition coefficient (Wildman–Crippen LogP) is -0.542. The van der Waals surface area contributed by atoms with E-state index in [0.29, 0.717) is 6.61 Å². The summed E-state index contributed by atoms with van der Waals surface area (Å²) < 4.78 is 32.4. The molecule has 0 aromatic rings. The van der Waals surface area contributed by atoms with Crippen molar-refractivity contribution < 1.29 is 43.5 Å². The molecule has 0 aromatic heterocycles. The van der Waals surface area contributed by atoms with E-state index < -0.39 is 50.6 Å². The topological polar surface area (TPSA) is 135 Å². The van der Waals surface area contributed by atoms with Crippen LogP contribution in [0, 0.1) is 0 Å². The summed E-state index contributed by atoms with van der Waals surface area (Å²) in [5.74, 6) is 0. The molecular weight excluding hydrogens is 331 g/mol.